The highest BCUT2D eigenvalue weighted by molar-refractivity contribution is 6.31. The molecule has 0 atom stereocenters. The van der Waals surface area contributed by atoms with Crippen LogP contribution in [0.4, 0.5) is 5.69 Å². The number of carbonyl (C=O) groups excluding carboxylic acids is 1. The van der Waals surface area contributed by atoms with Crippen LogP contribution in [0.2, 0.25) is 5.02 Å². The van der Waals surface area contributed by atoms with Gasteiger partial charge in [0.05, 0.1) is 12.7 Å². The molecule has 0 heterocycles. The standard InChI is InChI=1S/C15H14ClNO2/c1-10-4-3-5-12(8-10)17-15(18)13-7-6-11(16)9-14(13)19-2/h3-9H,1-2H3,(H,17,18). The first kappa shape index (κ1) is 13.4. The number of halogens is 1. The van der Waals surface area contributed by atoms with Gasteiger partial charge < -0.3 is 10.1 Å². The van der Waals surface area contributed by atoms with Gasteiger partial charge in [-0.05, 0) is 42.8 Å². The van der Waals surface area contributed by atoms with E-state index in [2.05, 4.69) is 5.32 Å². The van der Waals surface area contributed by atoms with E-state index in [0.717, 1.165) is 11.3 Å². The molecule has 0 saturated carbocycles. The van der Waals surface area contributed by atoms with Crippen molar-refractivity contribution in [3.63, 3.8) is 0 Å². The highest BCUT2D eigenvalue weighted by atomic mass is 35.5. The molecule has 0 aromatic heterocycles. The Bertz CT molecular complexity index is 611. The third-order valence-corrected chi connectivity index (χ3v) is 2.92. The molecule has 4 heteroatoms. The minimum Gasteiger partial charge on any atom is -0.496 e. The summed E-state index contributed by atoms with van der Waals surface area (Å²) >= 11 is 5.87. The van der Waals surface area contributed by atoms with Crippen LogP contribution in [-0.2, 0) is 0 Å². The lowest BCUT2D eigenvalue weighted by atomic mass is 10.1. The summed E-state index contributed by atoms with van der Waals surface area (Å²) in [7, 11) is 1.51. The fraction of sp³-hybridized carbons (Fsp3) is 0.133. The van der Waals surface area contributed by atoms with Crippen LogP contribution in [0, 0.1) is 6.92 Å². The molecule has 0 saturated heterocycles. The number of ether oxygens (including phenoxy) is 1. The van der Waals surface area contributed by atoms with E-state index < -0.39 is 0 Å². The van der Waals surface area contributed by atoms with E-state index in [1.54, 1.807) is 18.2 Å². The van der Waals surface area contributed by atoms with Crippen LogP contribution in [-0.4, -0.2) is 13.0 Å². The third-order valence-electron chi connectivity index (χ3n) is 2.68. The van der Waals surface area contributed by atoms with Gasteiger partial charge in [-0.3, -0.25) is 4.79 Å². The topological polar surface area (TPSA) is 38.3 Å². The normalized spacial score (nSPS) is 10.1. The molecule has 0 fully saturated rings. The van der Waals surface area contributed by atoms with E-state index in [4.69, 9.17) is 16.3 Å². The van der Waals surface area contributed by atoms with Gasteiger partial charge in [-0.1, -0.05) is 23.7 Å². The van der Waals surface area contributed by atoms with E-state index in [9.17, 15) is 4.79 Å². The monoisotopic (exact) mass is 275 g/mol. The number of carbonyl (C=O) groups is 1. The van der Waals surface area contributed by atoms with Crippen molar-refractivity contribution in [1.82, 2.24) is 0 Å². The predicted octanol–water partition coefficient (Wildman–Crippen LogP) is 3.91. The molecular formula is C15H14ClNO2. The number of aryl methyl sites for hydroxylation is 1. The molecule has 2 rings (SSSR count). The number of anilines is 1. The van der Waals surface area contributed by atoms with Gasteiger partial charge in [-0.25, -0.2) is 0 Å². The summed E-state index contributed by atoms with van der Waals surface area (Å²) in [6.45, 7) is 1.97. The SMILES string of the molecule is COc1cc(Cl)ccc1C(=O)Nc1cccc(C)c1. The first-order chi connectivity index (χ1) is 9.10. The fourth-order valence-electron chi connectivity index (χ4n) is 1.77. The molecule has 0 bridgehead atoms. The summed E-state index contributed by atoms with van der Waals surface area (Å²) in [5.74, 6) is 0.233. The molecule has 2 aromatic carbocycles. The van der Waals surface area contributed by atoms with Gasteiger partial charge >= 0.3 is 0 Å². The Kier molecular flexibility index (Phi) is 4.07. The number of nitrogens with one attached hydrogen (secondary N) is 1. The second kappa shape index (κ2) is 5.76. The Hall–Kier alpha value is -2.00. The van der Waals surface area contributed by atoms with Crippen molar-refractivity contribution in [2.45, 2.75) is 6.92 Å². The van der Waals surface area contributed by atoms with Gasteiger partial charge in [0.2, 0.25) is 0 Å². The molecule has 0 aliphatic heterocycles. The summed E-state index contributed by atoms with van der Waals surface area (Å²) in [5, 5.41) is 3.36. The molecule has 0 unspecified atom stereocenters. The number of rotatable bonds is 3. The Labute approximate surface area is 117 Å². The van der Waals surface area contributed by atoms with Gasteiger partial charge in [-0.15, -0.1) is 0 Å². The van der Waals surface area contributed by atoms with Gasteiger partial charge in [0, 0.05) is 10.7 Å². The maximum atomic E-state index is 12.2. The van der Waals surface area contributed by atoms with E-state index in [1.165, 1.54) is 7.11 Å². The van der Waals surface area contributed by atoms with Crippen LogP contribution in [0.25, 0.3) is 0 Å². The van der Waals surface area contributed by atoms with E-state index in [-0.39, 0.29) is 5.91 Å². The number of methoxy groups -OCH3 is 1. The van der Waals surface area contributed by atoms with Crippen molar-refractivity contribution in [3.8, 4) is 5.75 Å². The molecule has 1 amide bonds. The number of benzene rings is 2. The quantitative estimate of drug-likeness (QED) is 0.922. The van der Waals surface area contributed by atoms with Gasteiger partial charge in [0.15, 0.2) is 0 Å². The molecule has 0 spiro atoms. The smallest absolute Gasteiger partial charge is 0.259 e. The Morgan fingerprint density at radius 3 is 2.68 bits per heavy atom. The Balaban J connectivity index is 2.25. The summed E-state index contributed by atoms with van der Waals surface area (Å²) in [4.78, 5) is 12.2. The zero-order valence-corrected chi connectivity index (χ0v) is 11.5. The van der Waals surface area contributed by atoms with Crippen LogP contribution in [0.5, 0.6) is 5.75 Å². The van der Waals surface area contributed by atoms with E-state index in [0.29, 0.717) is 16.3 Å². The maximum Gasteiger partial charge on any atom is 0.259 e. The lowest BCUT2D eigenvalue weighted by molar-refractivity contribution is 0.102. The minimum absolute atomic E-state index is 0.223. The summed E-state index contributed by atoms with van der Waals surface area (Å²) in [6, 6.07) is 12.5. The molecule has 98 valence electrons. The van der Waals surface area contributed by atoms with Crippen molar-refractivity contribution >= 4 is 23.2 Å². The molecule has 0 radical (unpaired) electrons. The lowest BCUT2D eigenvalue weighted by Gasteiger charge is -2.10. The van der Waals surface area contributed by atoms with Crippen LogP contribution < -0.4 is 10.1 Å². The lowest BCUT2D eigenvalue weighted by Crippen LogP contribution is -2.13. The van der Waals surface area contributed by atoms with Crippen LogP contribution in [0.1, 0.15) is 15.9 Å². The summed E-state index contributed by atoms with van der Waals surface area (Å²) < 4.78 is 5.16. The zero-order valence-electron chi connectivity index (χ0n) is 10.7. The third kappa shape index (κ3) is 3.26. The van der Waals surface area contributed by atoms with Crippen LogP contribution in [0.3, 0.4) is 0 Å². The van der Waals surface area contributed by atoms with Crippen LogP contribution >= 0.6 is 11.6 Å². The average molecular weight is 276 g/mol. The molecule has 2 aromatic rings. The van der Waals surface area contributed by atoms with Crippen LogP contribution in [0.15, 0.2) is 42.5 Å². The van der Waals surface area contributed by atoms with Crippen molar-refractivity contribution in [1.29, 1.82) is 0 Å². The first-order valence-electron chi connectivity index (χ1n) is 5.81. The predicted molar refractivity (Wildman–Crippen MR) is 77.1 cm³/mol. The van der Waals surface area contributed by atoms with Gasteiger partial charge in [0.1, 0.15) is 5.75 Å². The summed E-state index contributed by atoms with van der Waals surface area (Å²) in [5.41, 5.74) is 2.29. The number of amides is 1. The number of hydrogen-bond donors (Lipinski definition) is 1. The highest BCUT2D eigenvalue weighted by Crippen LogP contribution is 2.24. The van der Waals surface area contributed by atoms with Crippen molar-refractivity contribution in [2.75, 3.05) is 12.4 Å². The Morgan fingerprint density at radius 1 is 1.21 bits per heavy atom. The van der Waals surface area contributed by atoms with Gasteiger partial charge in [-0.2, -0.15) is 0 Å². The molecule has 19 heavy (non-hydrogen) atoms. The van der Waals surface area contributed by atoms with Gasteiger partial charge in [0.25, 0.3) is 5.91 Å². The van der Waals surface area contributed by atoms with Crippen molar-refractivity contribution in [3.05, 3.63) is 58.6 Å². The number of hydrogen-bond acceptors (Lipinski definition) is 2. The second-order valence-electron chi connectivity index (χ2n) is 4.17. The maximum absolute atomic E-state index is 12.2. The fourth-order valence-corrected chi connectivity index (χ4v) is 1.94. The zero-order chi connectivity index (χ0) is 13.8. The minimum atomic E-state index is -0.223. The molecular weight excluding hydrogens is 262 g/mol. The Morgan fingerprint density at radius 2 is 2.00 bits per heavy atom. The van der Waals surface area contributed by atoms with Crippen molar-refractivity contribution in [2.24, 2.45) is 0 Å². The molecule has 1 N–H and O–H groups in total. The average Bonchev–Trinajstić information content (AvgIpc) is 2.38. The molecule has 3 nitrogen and oxygen atoms in total. The largest absolute Gasteiger partial charge is 0.496 e. The van der Waals surface area contributed by atoms with E-state index in [1.807, 2.05) is 31.2 Å². The molecule has 0 aliphatic carbocycles. The van der Waals surface area contributed by atoms with E-state index >= 15 is 0 Å². The summed E-state index contributed by atoms with van der Waals surface area (Å²) in [6.07, 6.45) is 0. The van der Waals surface area contributed by atoms with Crippen molar-refractivity contribution < 1.29 is 9.53 Å². The molecule has 0 aliphatic rings. The first-order valence-corrected chi connectivity index (χ1v) is 6.19. The highest BCUT2D eigenvalue weighted by Gasteiger charge is 2.12. The second-order valence-corrected chi connectivity index (χ2v) is 4.60.